The number of rotatable bonds is 0. The molecule has 0 saturated heterocycles. The van der Waals surface area contributed by atoms with E-state index in [1.54, 1.807) is 6.26 Å². The van der Waals surface area contributed by atoms with Crippen molar-refractivity contribution in [2.75, 3.05) is 6.61 Å². The van der Waals surface area contributed by atoms with Crippen LogP contribution in [-0.4, -0.2) is 16.4 Å². The minimum absolute atomic E-state index is 0.301. The highest BCUT2D eigenvalue weighted by atomic mass is 16.5. The van der Waals surface area contributed by atoms with Crippen molar-refractivity contribution in [3.8, 4) is 0 Å². The first-order valence-corrected chi connectivity index (χ1v) is 5.77. The number of hydrogen-bond donors (Lipinski definition) is 0. The van der Waals surface area contributed by atoms with Crippen LogP contribution in [0.2, 0.25) is 0 Å². The van der Waals surface area contributed by atoms with Gasteiger partial charge in [0.1, 0.15) is 16.8 Å². The predicted molar refractivity (Wildman–Crippen MR) is 62.3 cm³/mol. The molecule has 0 amide bonds. The summed E-state index contributed by atoms with van der Waals surface area (Å²) in [6, 6.07) is 1.89. The van der Waals surface area contributed by atoms with Crippen molar-refractivity contribution >= 4 is 11.1 Å². The Kier molecular flexibility index (Phi) is 2.76. The number of fused-ring (bicyclic) bond motifs is 3. The van der Waals surface area contributed by atoms with E-state index in [-0.39, 0.29) is 5.60 Å². The van der Waals surface area contributed by atoms with Crippen LogP contribution in [0, 0.1) is 0 Å². The standard InChI is InChI=1S/C10H12N2O2.C2H6/c1-10(2)9-8-7(3-5-13-8)11-12(9)4-6-14-10;1-2/h3,5H,4,6H2,1-2H3;1-2H3. The van der Waals surface area contributed by atoms with E-state index in [1.165, 1.54) is 0 Å². The van der Waals surface area contributed by atoms with Crippen molar-refractivity contribution in [1.82, 2.24) is 9.78 Å². The zero-order chi connectivity index (χ0) is 11.8. The van der Waals surface area contributed by atoms with Crippen molar-refractivity contribution in [2.24, 2.45) is 0 Å². The van der Waals surface area contributed by atoms with Crippen LogP contribution in [0.3, 0.4) is 0 Å². The molecule has 0 aromatic carbocycles. The first-order valence-electron chi connectivity index (χ1n) is 5.77. The Labute approximate surface area is 95.2 Å². The molecule has 16 heavy (non-hydrogen) atoms. The van der Waals surface area contributed by atoms with Gasteiger partial charge in [-0.05, 0) is 13.8 Å². The number of nitrogens with zero attached hydrogens (tertiary/aromatic N) is 2. The minimum atomic E-state index is -0.301. The fourth-order valence-corrected chi connectivity index (χ4v) is 2.06. The van der Waals surface area contributed by atoms with Crippen LogP contribution in [0.1, 0.15) is 33.4 Å². The minimum Gasteiger partial charge on any atom is -0.461 e. The van der Waals surface area contributed by atoms with E-state index in [0.29, 0.717) is 6.61 Å². The zero-order valence-electron chi connectivity index (χ0n) is 10.3. The molecule has 1 aliphatic heterocycles. The normalized spacial score (nSPS) is 17.8. The highest BCUT2D eigenvalue weighted by Crippen LogP contribution is 2.34. The van der Waals surface area contributed by atoms with Gasteiger partial charge in [-0.25, -0.2) is 0 Å². The highest BCUT2D eigenvalue weighted by molar-refractivity contribution is 5.76. The summed E-state index contributed by atoms with van der Waals surface area (Å²) in [5, 5.41) is 4.45. The summed E-state index contributed by atoms with van der Waals surface area (Å²) in [5.41, 5.74) is 2.52. The van der Waals surface area contributed by atoms with Crippen molar-refractivity contribution < 1.29 is 9.15 Å². The lowest BCUT2D eigenvalue weighted by Gasteiger charge is -2.30. The maximum Gasteiger partial charge on any atom is 0.178 e. The van der Waals surface area contributed by atoms with E-state index in [2.05, 4.69) is 5.10 Å². The van der Waals surface area contributed by atoms with Crippen molar-refractivity contribution in [1.29, 1.82) is 0 Å². The third-order valence-corrected chi connectivity index (χ3v) is 2.68. The Hall–Kier alpha value is -1.29. The van der Waals surface area contributed by atoms with Gasteiger partial charge in [0, 0.05) is 6.07 Å². The number of furan rings is 1. The molecule has 0 bridgehead atoms. The molecule has 2 aromatic heterocycles. The van der Waals surface area contributed by atoms with E-state index >= 15 is 0 Å². The summed E-state index contributed by atoms with van der Waals surface area (Å²) in [6.45, 7) is 9.61. The third kappa shape index (κ3) is 1.53. The first-order chi connectivity index (χ1) is 7.68. The molecule has 4 nitrogen and oxygen atoms in total. The molecule has 0 atom stereocenters. The molecule has 0 N–H and O–H groups in total. The summed E-state index contributed by atoms with van der Waals surface area (Å²) in [5.74, 6) is 0. The Morgan fingerprint density at radius 1 is 1.38 bits per heavy atom. The van der Waals surface area contributed by atoms with E-state index in [9.17, 15) is 0 Å². The third-order valence-electron chi connectivity index (χ3n) is 2.68. The monoisotopic (exact) mass is 222 g/mol. The van der Waals surface area contributed by atoms with Gasteiger partial charge in [0.15, 0.2) is 5.58 Å². The quantitative estimate of drug-likeness (QED) is 0.688. The van der Waals surface area contributed by atoms with Gasteiger partial charge in [-0.3, -0.25) is 4.68 Å². The van der Waals surface area contributed by atoms with Gasteiger partial charge in [0.2, 0.25) is 0 Å². The van der Waals surface area contributed by atoms with Gasteiger partial charge >= 0.3 is 0 Å². The largest absolute Gasteiger partial charge is 0.461 e. The van der Waals surface area contributed by atoms with Crippen LogP contribution in [-0.2, 0) is 16.9 Å². The molecular formula is C12H18N2O2. The van der Waals surface area contributed by atoms with Gasteiger partial charge in [0.25, 0.3) is 0 Å². The lowest BCUT2D eigenvalue weighted by molar-refractivity contribution is -0.0527. The fraction of sp³-hybridized carbons (Fsp3) is 0.583. The van der Waals surface area contributed by atoms with Crippen LogP contribution in [0.25, 0.3) is 11.1 Å². The maximum absolute atomic E-state index is 5.71. The average Bonchev–Trinajstić information content (AvgIpc) is 2.79. The molecule has 2 aromatic rings. The lowest BCUT2D eigenvalue weighted by atomic mass is 10.0. The number of ether oxygens (including phenoxy) is 1. The van der Waals surface area contributed by atoms with Crippen molar-refractivity contribution in [3.63, 3.8) is 0 Å². The van der Waals surface area contributed by atoms with Gasteiger partial charge in [-0.2, -0.15) is 5.10 Å². The van der Waals surface area contributed by atoms with E-state index in [4.69, 9.17) is 9.15 Å². The second kappa shape index (κ2) is 3.94. The molecule has 0 spiro atoms. The lowest BCUT2D eigenvalue weighted by Crippen LogP contribution is -2.33. The molecule has 0 fully saturated rings. The highest BCUT2D eigenvalue weighted by Gasteiger charge is 2.33. The SMILES string of the molecule is CC.CC1(C)OCCn2nc3ccoc3c21. The molecule has 0 saturated carbocycles. The molecule has 1 aliphatic rings. The molecule has 88 valence electrons. The van der Waals surface area contributed by atoms with Gasteiger partial charge in [0.05, 0.1) is 19.4 Å². The van der Waals surface area contributed by atoms with E-state index in [1.807, 2.05) is 38.4 Å². The summed E-state index contributed by atoms with van der Waals surface area (Å²) >= 11 is 0. The Balaban J connectivity index is 0.000000457. The molecule has 0 radical (unpaired) electrons. The Bertz CT molecular complexity index is 482. The average molecular weight is 222 g/mol. The van der Waals surface area contributed by atoms with Gasteiger partial charge in [-0.15, -0.1) is 0 Å². The molecule has 3 heterocycles. The molecule has 0 unspecified atom stereocenters. The number of hydrogen-bond acceptors (Lipinski definition) is 3. The summed E-state index contributed by atoms with van der Waals surface area (Å²) in [7, 11) is 0. The molecule has 3 rings (SSSR count). The van der Waals surface area contributed by atoms with E-state index < -0.39 is 0 Å². The summed E-state index contributed by atoms with van der Waals surface area (Å²) in [4.78, 5) is 0. The topological polar surface area (TPSA) is 40.2 Å². The van der Waals surface area contributed by atoms with Crippen LogP contribution >= 0.6 is 0 Å². The maximum atomic E-state index is 5.71. The fourth-order valence-electron chi connectivity index (χ4n) is 2.06. The van der Waals surface area contributed by atoms with Crippen LogP contribution in [0.15, 0.2) is 16.7 Å². The first kappa shape index (κ1) is 11.2. The van der Waals surface area contributed by atoms with Gasteiger partial charge in [-0.1, -0.05) is 13.8 Å². The van der Waals surface area contributed by atoms with E-state index in [0.717, 1.165) is 23.3 Å². The van der Waals surface area contributed by atoms with Crippen LogP contribution < -0.4 is 0 Å². The Morgan fingerprint density at radius 2 is 2.12 bits per heavy atom. The van der Waals surface area contributed by atoms with Crippen molar-refractivity contribution in [3.05, 3.63) is 18.0 Å². The summed E-state index contributed by atoms with van der Waals surface area (Å²) < 4.78 is 13.1. The van der Waals surface area contributed by atoms with Crippen LogP contribution in [0.5, 0.6) is 0 Å². The predicted octanol–water partition coefficient (Wildman–Crippen LogP) is 2.92. The number of aromatic nitrogens is 2. The second-order valence-corrected chi connectivity index (χ2v) is 4.07. The summed E-state index contributed by atoms with van der Waals surface area (Å²) in [6.07, 6.45) is 1.67. The Morgan fingerprint density at radius 3 is 2.88 bits per heavy atom. The molecular weight excluding hydrogens is 204 g/mol. The second-order valence-electron chi connectivity index (χ2n) is 4.07. The molecule has 0 aliphatic carbocycles. The smallest absolute Gasteiger partial charge is 0.178 e. The van der Waals surface area contributed by atoms with Crippen molar-refractivity contribution in [2.45, 2.75) is 39.8 Å². The van der Waals surface area contributed by atoms with Crippen LogP contribution in [0.4, 0.5) is 0 Å². The molecule has 4 heteroatoms. The van der Waals surface area contributed by atoms with Gasteiger partial charge < -0.3 is 9.15 Å². The zero-order valence-corrected chi connectivity index (χ0v) is 10.3.